The summed E-state index contributed by atoms with van der Waals surface area (Å²) in [6.45, 7) is 5.68. The summed E-state index contributed by atoms with van der Waals surface area (Å²) >= 11 is 12.1. The van der Waals surface area contributed by atoms with Crippen LogP contribution in [0.2, 0.25) is 10.0 Å². The second-order valence-electron chi connectivity index (χ2n) is 5.04. The summed E-state index contributed by atoms with van der Waals surface area (Å²) in [5.41, 5.74) is 2.08. The maximum absolute atomic E-state index is 6.09. The van der Waals surface area contributed by atoms with E-state index in [2.05, 4.69) is 19.8 Å². The number of hydrogen-bond acceptors (Lipinski definition) is 4. The van der Waals surface area contributed by atoms with E-state index in [1.807, 2.05) is 25.1 Å². The predicted molar refractivity (Wildman–Crippen MR) is 87.7 cm³/mol. The van der Waals surface area contributed by atoms with Gasteiger partial charge in [-0.25, -0.2) is 4.98 Å². The van der Waals surface area contributed by atoms with Crippen molar-refractivity contribution in [3.8, 4) is 0 Å². The Balaban J connectivity index is 1.70. The molecule has 0 atom stereocenters. The highest BCUT2D eigenvalue weighted by atomic mass is 35.5. The first-order valence-electron chi connectivity index (χ1n) is 6.88. The molecule has 110 valence electrons. The van der Waals surface area contributed by atoms with Crippen molar-refractivity contribution in [3.05, 3.63) is 46.3 Å². The minimum atomic E-state index is 0.592. The van der Waals surface area contributed by atoms with Gasteiger partial charge in [0.25, 0.3) is 0 Å². The third-order valence-corrected chi connectivity index (χ3v) is 4.44. The molecule has 2 aromatic rings. The zero-order chi connectivity index (χ0) is 14.8. The number of aryl methyl sites for hydroxylation is 1. The SMILES string of the molecule is Cc1nccnc1N1CCN(c2ccc(Cl)c(Cl)c2)CC1. The van der Waals surface area contributed by atoms with Crippen molar-refractivity contribution in [1.82, 2.24) is 9.97 Å². The molecule has 0 saturated carbocycles. The minimum absolute atomic E-state index is 0.592. The van der Waals surface area contributed by atoms with Gasteiger partial charge in [-0.3, -0.25) is 4.98 Å². The lowest BCUT2D eigenvalue weighted by molar-refractivity contribution is 0.644. The molecule has 1 aromatic heterocycles. The summed E-state index contributed by atoms with van der Waals surface area (Å²) in [4.78, 5) is 13.3. The van der Waals surface area contributed by atoms with Gasteiger partial charge in [-0.05, 0) is 25.1 Å². The van der Waals surface area contributed by atoms with Crippen LogP contribution < -0.4 is 9.80 Å². The van der Waals surface area contributed by atoms with Gasteiger partial charge in [0.05, 0.1) is 15.7 Å². The van der Waals surface area contributed by atoms with Gasteiger partial charge in [0.2, 0.25) is 0 Å². The van der Waals surface area contributed by atoms with Gasteiger partial charge in [-0.15, -0.1) is 0 Å². The van der Waals surface area contributed by atoms with Crippen molar-refractivity contribution in [1.29, 1.82) is 0 Å². The summed E-state index contributed by atoms with van der Waals surface area (Å²) in [5, 5.41) is 1.19. The van der Waals surface area contributed by atoms with E-state index in [0.717, 1.165) is 43.4 Å². The molecule has 0 aliphatic carbocycles. The van der Waals surface area contributed by atoms with E-state index in [9.17, 15) is 0 Å². The zero-order valence-corrected chi connectivity index (χ0v) is 13.3. The third kappa shape index (κ3) is 3.06. The first kappa shape index (κ1) is 14.4. The fourth-order valence-corrected chi connectivity index (χ4v) is 2.86. The van der Waals surface area contributed by atoms with E-state index in [-0.39, 0.29) is 0 Å². The molecular weight excluding hydrogens is 307 g/mol. The van der Waals surface area contributed by atoms with E-state index in [1.165, 1.54) is 0 Å². The molecule has 0 amide bonds. The normalized spacial score (nSPS) is 15.4. The van der Waals surface area contributed by atoms with Crippen molar-refractivity contribution in [2.24, 2.45) is 0 Å². The smallest absolute Gasteiger partial charge is 0.150 e. The van der Waals surface area contributed by atoms with Gasteiger partial charge in [-0.2, -0.15) is 0 Å². The lowest BCUT2D eigenvalue weighted by Gasteiger charge is -2.37. The van der Waals surface area contributed by atoms with Crippen LogP contribution in [0.5, 0.6) is 0 Å². The maximum atomic E-state index is 6.09. The molecule has 4 nitrogen and oxygen atoms in total. The lowest BCUT2D eigenvalue weighted by Crippen LogP contribution is -2.47. The van der Waals surface area contributed by atoms with E-state index >= 15 is 0 Å². The Kier molecular flexibility index (Phi) is 4.17. The van der Waals surface area contributed by atoms with Crippen LogP contribution >= 0.6 is 23.2 Å². The highest BCUT2D eigenvalue weighted by Crippen LogP contribution is 2.28. The highest BCUT2D eigenvalue weighted by molar-refractivity contribution is 6.42. The van der Waals surface area contributed by atoms with Crippen LogP contribution in [0.1, 0.15) is 5.69 Å². The Morgan fingerprint density at radius 1 is 0.905 bits per heavy atom. The molecule has 1 aliphatic heterocycles. The van der Waals surface area contributed by atoms with Crippen LogP contribution in [0.3, 0.4) is 0 Å². The van der Waals surface area contributed by atoms with E-state index in [1.54, 1.807) is 12.4 Å². The summed E-state index contributed by atoms with van der Waals surface area (Å²) < 4.78 is 0. The largest absolute Gasteiger partial charge is 0.368 e. The quantitative estimate of drug-likeness (QED) is 0.848. The fraction of sp³-hybridized carbons (Fsp3) is 0.333. The van der Waals surface area contributed by atoms with E-state index in [0.29, 0.717) is 10.0 Å². The molecule has 2 heterocycles. The number of halogens is 2. The van der Waals surface area contributed by atoms with Crippen molar-refractivity contribution in [3.63, 3.8) is 0 Å². The first-order chi connectivity index (χ1) is 10.1. The molecule has 3 rings (SSSR count). The lowest BCUT2D eigenvalue weighted by atomic mass is 10.2. The average molecular weight is 323 g/mol. The molecule has 0 radical (unpaired) electrons. The fourth-order valence-electron chi connectivity index (χ4n) is 2.57. The van der Waals surface area contributed by atoms with Crippen LogP contribution in [0.25, 0.3) is 0 Å². The van der Waals surface area contributed by atoms with Gasteiger partial charge in [0.1, 0.15) is 5.82 Å². The molecule has 0 unspecified atom stereocenters. The van der Waals surface area contributed by atoms with Crippen molar-refractivity contribution in [2.75, 3.05) is 36.0 Å². The summed E-state index contributed by atoms with van der Waals surface area (Å²) in [7, 11) is 0. The van der Waals surface area contributed by atoms with Gasteiger partial charge >= 0.3 is 0 Å². The molecule has 21 heavy (non-hydrogen) atoms. The second-order valence-corrected chi connectivity index (χ2v) is 5.85. The van der Waals surface area contributed by atoms with Crippen molar-refractivity contribution >= 4 is 34.7 Å². The van der Waals surface area contributed by atoms with Gasteiger partial charge < -0.3 is 9.80 Å². The van der Waals surface area contributed by atoms with E-state index < -0.39 is 0 Å². The van der Waals surface area contributed by atoms with Gasteiger partial charge in [-0.1, -0.05) is 23.2 Å². The standard InChI is InChI=1S/C15H16Cl2N4/c1-11-15(19-5-4-18-11)21-8-6-20(7-9-21)12-2-3-13(16)14(17)10-12/h2-5,10H,6-9H2,1H3. The number of anilines is 2. The Labute approximate surface area is 134 Å². The number of aromatic nitrogens is 2. The second kappa shape index (κ2) is 6.08. The third-order valence-electron chi connectivity index (χ3n) is 3.70. The highest BCUT2D eigenvalue weighted by Gasteiger charge is 2.20. The summed E-state index contributed by atoms with van der Waals surface area (Å²) in [6.07, 6.45) is 3.47. The molecule has 0 bridgehead atoms. The topological polar surface area (TPSA) is 32.3 Å². The number of benzene rings is 1. The monoisotopic (exact) mass is 322 g/mol. The molecule has 1 aliphatic rings. The zero-order valence-electron chi connectivity index (χ0n) is 11.8. The summed E-state index contributed by atoms with van der Waals surface area (Å²) in [6, 6.07) is 5.78. The van der Waals surface area contributed by atoms with E-state index in [4.69, 9.17) is 23.2 Å². The molecular formula is C15H16Cl2N4. The molecule has 1 saturated heterocycles. The number of nitrogens with zero attached hydrogens (tertiary/aromatic N) is 4. The van der Waals surface area contributed by atoms with Crippen molar-refractivity contribution < 1.29 is 0 Å². The summed E-state index contributed by atoms with van der Waals surface area (Å²) in [5.74, 6) is 0.978. The molecule has 1 fully saturated rings. The Morgan fingerprint density at radius 3 is 2.24 bits per heavy atom. The van der Waals surface area contributed by atoms with Crippen LogP contribution in [-0.2, 0) is 0 Å². The van der Waals surface area contributed by atoms with Gasteiger partial charge in [0.15, 0.2) is 0 Å². The maximum Gasteiger partial charge on any atom is 0.150 e. The molecule has 6 heteroatoms. The van der Waals surface area contributed by atoms with Crippen LogP contribution in [0.15, 0.2) is 30.6 Å². The average Bonchev–Trinajstić information content (AvgIpc) is 2.51. The predicted octanol–water partition coefficient (Wildman–Crippen LogP) is 3.42. The molecule has 0 N–H and O–H groups in total. The van der Waals surface area contributed by atoms with Gasteiger partial charge in [0, 0.05) is 44.3 Å². The van der Waals surface area contributed by atoms with Crippen LogP contribution in [0.4, 0.5) is 11.5 Å². The number of hydrogen-bond donors (Lipinski definition) is 0. The number of rotatable bonds is 2. The van der Waals surface area contributed by atoms with Crippen molar-refractivity contribution in [2.45, 2.75) is 6.92 Å². The van der Waals surface area contributed by atoms with Crippen LogP contribution in [-0.4, -0.2) is 36.1 Å². The van der Waals surface area contributed by atoms with Crippen LogP contribution in [0, 0.1) is 6.92 Å². The first-order valence-corrected chi connectivity index (χ1v) is 7.63. The molecule has 1 aromatic carbocycles. The molecule has 0 spiro atoms. The Morgan fingerprint density at radius 2 is 1.57 bits per heavy atom. The Bertz CT molecular complexity index is 639. The number of piperazine rings is 1. The Hall–Kier alpha value is -1.52. The minimum Gasteiger partial charge on any atom is -0.368 e.